The van der Waals surface area contributed by atoms with Gasteiger partial charge in [0.15, 0.2) is 0 Å². The Labute approximate surface area is 91.2 Å². The quantitative estimate of drug-likeness (QED) is 0.626. The zero-order chi connectivity index (χ0) is 10.2. The molecule has 0 bridgehead atoms. The van der Waals surface area contributed by atoms with Crippen LogP contribution < -0.4 is 0 Å². The van der Waals surface area contributed by atoms with Gasteiger partial charge in [0.05, 0.1) is 0 Å². The molecule has 0 aromatic rings. The minimum atomic E-state index is 0.208. The third-order valence-electron chi connectivity index (χ3n) is 3.51. The number of thioether (sulfide) groups is 1. The molecular formula is C13H18S. The molecule has 76 valence electrons. The molecule has 1 saturated heterocycles. The second kappa shape index (κ2) is 3.62. The highest BCUT2D eigenvalue weighted by Gasteiger charge is 2.38. The normalized spacial score (nSPS) is 37.4. The minimum absolute atomic E-state index is 0.208. The highest BCUT2D eigenvalue weighted by atomic mass is 32.2. The van der Waals surface area contributed by atoms with E-state index in [4.69, 9.17) is 0 Å². The Morgan fingerprint density at radius 1 is 1.57 bits per heavy atom. The summed E-state index contributed by atoms with van der Waals surface area (Å²) in [6.45, 7) is 8.77. The van der Waals surface area contributed by atoms with Crippen LogP contribution in [0.2, 0.25) is 0 Å². The summed E-state index contributed by atoms with van der Waals surface area (Å²) in [5, 5.41) is 0.745. The van der Waals surface area contributed by atoms with Crippen molar-refractivity contribution in [1.29, 1.82) is 0 Å². The summed E-state index contributed by atoms with van der Waals surface area (Å²) in [4.78, 5) is 0. The number of allylic oxidation sites excluding steroid dienone is 5. The van der Waals surface area contributed by atoms with E-state index in [1.165, 1.54) is 29.7 Å². The first kappa shape index (κ1) is 10.1. The molecule has 0 nitrogen and oxygen atoms in total. The minimum Gasteiger partial charge on any atom is -0.157 e. The molecule has 1 heterocycles. The van der Waals surface area contributed by atoms with Gasteiger partial charge in [-0.05, 0) is 36.7 Å². The molecule has 1 heteroatoms. The third-order valence-corrected chi connectivity index (χ3v) is 5.17. The van der Waals surface area contributed by atoms with E-state index in [0.29, 0.717) is 0 Å². The first-order valence-electron chi connectivity index (χ1n) is 5.32. The van der Waals surface area contributed by atoms with Gasteiger partial charge >= 0.3 is 0 Å². The lowest BCUT2D eigenvalue weighted by Gasteiger charge is -2.36. The van der Waals surface area contributed by atoms with E-state index in [2.05, 4.69) is 50.4 Å². The van der Waals surface area contributed by atoms with Crippen LogP contribution in [-0.4, -0.2) is 11.0 Å². The number of hydrogen-bond donors (Lipinski definition) is 0. The molecule has 0 spiro atoms. The third kappa shape index (κ3) is 1.48. The molecule has 1 fully saturated rings. The van der Waals surface area contributed by atoms with E-state index < -0.39 is 0 Å². The summed E-state index contributed by atoms with van der Waals surface area (Å²) in [6.07, 6.45) is 9.42. The average molecular weight is 206 g/mol. The molecule has 1 aliphatic heterocycles. The topological polar surface area (TPSA) is 0 Å². The van der Waals surface area contributed by atoms with Crippen molar-refractivity contribution in [3.05, 3.63) is 36.0 Å². The van der Waals surface area contributed by atoms with E-state index in [0.717, 1.165) is 5.25 Å². The van der Waals surface area contributed by atoms with Gasteiger partial charge in [-0.1, -0.05) is 31.7 Å². The Balaban J connectivity index is 2.27. The zero-order valence-electron chi connectivity index (χ0n) is 9.05. The van der Waals surface area contributed by atoms with Gasteiger partial charge in [0.25, 0.3) is 0 Å². The molecule has 0 amide bonds. The van der Waals surface area contributed by atoms with Gasteiger partial charge in [0.1, 0.15) is 0 Å². The molecule has 0 N–H and O–H groups in total. The van der Waals surface area contributed by atoms with Crippen molar-refractivity contribution in [2.75, 3.05) is 5.75 Å². The molecule has 2 rings (SSSR count). The summed E-state index contributed by atoms with van der Waals surface area (Å²) in [5.74, 6) is 1.32. The fraction of sp³-hybridized carbons (Fsp3) is 0.538. The highest BCUT2D eigenvalue weighted by Crippen LogP contribution is 2.48. The molecule has 2 aliphatic rings. The first-order valence-corrected chi connectivity index (χ1v) is 6.37. The van der Waals surface area contributed by atoms with Gasteiger partial charge in [-0.15, -0.1) is 0 Å². The van der Waals surface area contributed by atoms with Gasteiger partial charge < -0.3 is 0 Å². The van der Waals surface area contributed by atoms with Gasteiger partial charge in [-0.3, -0.25) is 0 Å². The molecule has 0 unspecified atom stereocenters. The van der Waals surface area contributed by atoms with Crippen molar-refractivity contribution < 1.29 is 0 Å². The van der Waals surface area contributed by atoms with Crippen molar-refractivity contribution in [3.63, 3.8) is 0 Å². The van der Waals surface area contributed by atoms with Crippen molar-refractivity contribution >= 4 is 11.8 Å². The lowest BCUT2D eigenvalue weighted by Crippen LogP contribution is -2.29. The molecule has 14 heavy (non-hydrogen) atoms. The van der Waals surface area contributed by atoms with Crippen LogP contribution in [0.3, 0.4) is 0 Å². The van der Waals surface area contributed by atoms with Crippen LogP contribution in [0.25, 0.3) is 0 Å². The standard InChI is InChI=1S/C13H18S/c1-10-6-4-8-13(3,11(10)2)12-7-5-9-14-12/h4,6,8,12H,2,5,7,9H2,1,3H3/t12-,13-/m0/s1. The van der Waals surface area contributed by atoms with Gasteiger partial charge in [-0.25, -0.2) is 0 Å². The Morgan fingerprint density at radius 3 is 3.00 bits per heavy atom. The Bertz CT molecular complexity index is 305. The summed E-state index contributed by atoms with van der Waals surface area (Å²) in [5.41, 5.74) is 2.88. The van der Waals surface area contributed by atoms with Crippen LogP contribution in [0.1, 0.15) is 26.7 Å². The van der Waals surface area contributed by atoms with Crippen LogP contribution in [0.15, 0.2) is 36.0 Å². The summed E-state index contributed by atoms with van der Waals surface area (Å²) >= 11 is 2.11. The lowest BCUT2D eigenvalue weighted by atomic mass is 9.73. The Morgan fingerprint density at radius 2 is 2.36 bits per heavy atom. The van der Waals surface area contributed by atoms with Gasteiger partial charge in [0, 0.05) is 10.7 Å². The second-order valence-electron chi connectivity index (χ2n) is 4.47. The largest absolute Gasteiger partial charge is 0.157 e. The van der Waals surface area contributed by atoms with Crippen LogP contribution in [0.5, 0.6) is 0 Å². The predicted octanol–water partition coefficient (Wildman–Crippen LogP) is 3.96. The number of hydrogen-bond acceptors (Lipinski definition) is 1. The maximum atomic E-state index is 4.26. The van der Waals surface area contributed by atoms with Crippen LogP contribution in [0.4, 0.5) is 0 Å². The summed E-state index contributed by atoms with van der Waals surface area (Å²) < 4.78 is 0. The average Bonchev–Trinajstić information content (AvgIpc) is 2.67. The van der Waals surface area contributed by atoms with E-state index in [-0.39, 0.29) is 5.41 Å². The SMILES string of the molecule is C=C1C(C)=CC=C[C@]1(C)[C@@H]1CCCS1. The monoisotopic (exact) mass is 206 g/mol. The van der Waals surface area contributed by atoms with Crippen LogP contribution in [0, 0.1) is 5.41 Å². The van der Waals surface area contributed by atoms with Gasteiger partial charge in [0.2, 0.25) is 0 Å². The van der Waals surface area contributed by atoms with Crippen molar-refractivity contribution in [2.45, 2.75) is 31.9 Å². The van der Waals surface area contributed by atoms with E-state index in [9.17, 15) is 0 Å². The molecule has 0 saturated carbocycles. The maximum Gasteiger partial charge on any atom is 0.0222 e. The molecule has 0 aromatic heterocycles. The molecule has 1 aliphatic carbocycles. The molecular weight excluding hydrogens is 188 g/mol. The highest BCUT2D eigenvalue weighted by molar-refractivity contribution is 8.00. The Kier molecular flexibility index (Phi) is 2.61. The lowest BCUT2D eigenvalue weighted by molar-refractivity contribution is 0.478. The van der Waals surface area contributed by atoms with Gasteiger partial charge in [-0.2, -0.15) is 11.8 Å². The van der Waals surface area contributed by atoms with Crippen molar-refractivity contribution in [3.8, 4) is 0 Å². The first-order chi connectivity index (χ1) is 6.64. The molecule has 0 radical (unpaired) electrons. The fourth-order valence-electron chi connectivity index (χ4n) is 2.37. The zero-order valence-corrected chi connectivity index (χ0v) is 9.86. The smallest absolute Gasteiger partial charge is 0.0222 e. The molecule has 0 aromatic carbocycles. The summed E-state index contributed by atoms with van der Waals surface area (Å²) in [7, 11) is 0. The maximum absolute atomic E-state index is 4.26. The second-order valence-corrected chi connectivity index (χ2v) is 5.78. The van der Waals surface area contributed by atoms with E-state index in [1.807, 2.05) is 0 Å². The van der Waals surface area contributed by atoms with E-state index >= 15 is 0 Å². The summed E-state index contributed by atoms with van der Waals surface area (Å²) in [6, 6.07) is 0. The Hall–Kier alpha value is -0.430. The van der Waals surface area contributed by atoms with E-state index in [1.54, 1.807) is 0 Å². The predicted molar refractivity (Wildman–Crippen MR) is 65.6 cm³/mol. The van der Waals surface area contributed by atoms with Crippen LogP contribution >= 0.6 is 11.8 Å². The van der Waals surface area contributed by atoms with Crippen molar-refractivity contribution in [1.82, 2.24) is 0 Å². The van der Waals surface area contributed by atoms with Crippen LogP contribution in [-0.2, 0) is 0 Å². The van der Waals surface area contributed by atoms with Crippen molar-refractivity contribution in [2.24, 2.45) is 5.41 Å². The fourth-order valence-corrected chi connectivity index (χ4v) is 3.89. The molecule has 2 atom stereocenters. The number of rotatable bonds is 1.